The van der Waals surface area contributed by atoms with Crippen LogP contribution >= 0.6 is 11.3 Å². The molecular formula is C15H17N3O5S. The lowest BCUT2D eigenvalue weighted by Crippen LogP contribution is -2.43. The van der Waals surface area contributed by atoms with Crippen molar-refractivity contribution in [3.05, 3.63) is 32.1 Å². The van der Waals surface area contributed by atoms with Crippen LogP contribution in [-0.2, 0) is 24.6 Å². The van der Waals surface area contributed by atoms with Gasteiger partial charge in [0.2, 0.25) is 0 Å². The van der Waals surface area contributed by atoms with Gasteiger partial charge in [-0.25, -0.2) is 14.6 Å². The normalized spacial score (nSPS) is 17.6. The van der Waals surface area contributed by atoms with Crippen LogP contribution < -0.4 is 15.4 Å². The number of nitrogens with one attached hydrogen (secondary N) is 1. The predicted octanol–water partition coefficient (Wildman–Crippen LogP) is 0.204. The molecule has 3 rings (SSSR count). The van der Waals surface area contributed by atoms with Gasteiger partial charge in [0.15, 0.2) is 7.05 Å². The quantitative estimate of drug-likeness (QED) is 0.368. The van der Waals surface area contributed by atoms with Crippen molar-refractivity contribution in [3.8, 4) is 0 Å². The second-order valence-corrected chi connectivity index (χ2v) is 6.91. The summed E-state index contributed by atoms with van der Waals surface area (Å²) in [7, 11) is 2.76. The monoisotopic (exact) mass is 351 g/mol. The summed E-state index contributed by atoms with van der Waals surface area (Å²) in [6.07, 6.45) is 2.56. The molecule has 0 radical (unpaired) electrons. The molecule has 1 N–H and O–H groups in total. The van der Waals surface area contributed by atoms with Crippen molar-refractivity contribution in [2.75, 3.05) is 7.11 Å². The first kappa shape index (κ1) is 16.4. The highest BCUT2D eigenvalue weighted by molar-refractivity contribution is 7.16. The Kier molecular flexibility index (Phi) is 4.27. The molecule has 0 spiro atoms. The third kappa shape index (κ3) is 2.75. The molecule has 8 nitrogen and oxygen atoms in total. The summed E-state index contributed by atoms with van der Waals surface area (Å²) in [6.45, 7) is 2.15. The van der Waals surface area contributed by atoms with E-state index < -0.39 is 17.5 Å². The average Bonchev–Trinajstić information content (AvgIpc) is 3.05. The van der Waals surface area contributed by atoms with Gasteiger partial charge in [-0.05, 0) is 36.0 Å². The maximum atomic E-state index is 12.3. The largest absolute Gasteiger partial charge is 0.854 e. The van der Waals surface area contributed by atoms with Gasteiger partial charge in [0.25, 0.3) is 0 Å². The smallest absolute Gasteiger partial charge is 0.435 e. The molecular weight excluding hydrogens is 334 g/mol. The van der Waals surface area contributed by atoms with Crippen molar-refractivity contribution in [2.24, 2.45) is 18.0 Å². The number of carbonyl (C=O) groups excluding carboxylic acids is 1. The minimum absolute atomic E-state index is 0.231. The zero-order chi connectivity index (χ0) is 17.4. The Bertz CT molecular complexity index is 876. The van der Waals surface area contributed by atoms with Crippen LogP contribution in [0, 0.1) is 5.92 Å². The van der Waals surface area contributed by atoms with E-state index in [-0.39, 0.29) is 10.7 Å². The summed E-state index contributed by atoms with van der Waals surface area (Å²) in [5.41, 5.74) is 0.202. The number of fused-ring (bicyclic) bond motifs is 1. The summed E-state index contributed by atoms with van der Waals surface area (Å²) >= 11 is 1.31. The second kappa shape index (κ2) is 6.23. The van der Waals surface area contributed by atoms with Gasteiger partial charge >= 0.3 is 17.3 Å². The maximum absolute atomic E-state index is 12.3. The van der Waals surface area contributed by atoms with E-state index in [2.05, 4.69) is 21.7 Å². The van der Waals surface area contributed by atoms with E-state index in [0.29, 0.717) is 11.5 Å². The van der Waals surface area contributed by atoms with Crippen molar-refractivity contribution in [3.63, 3.8) is 0 Å². The molecule has 0 fully saturated rings. The number of methoxy groups -OCH3 is 1. The van der Waals surface area contributed by atoms with Crippen LogP contribution in [0.2, 0.25) is 0 Å². The first-order valence-electron chi connectivity index (χ1n) is 7.48. The highest BCUT2D eigenvalue weighted by Crippen LogP contribution is 2.41. The number of hydrogen-bond acceptors (Lipinski definition) is 7. The van der Waals surface area contributed by atoms with Gasteiger partial charge in [-0.15, -0.1) is 11.3 Å². The lowest BCUT2D eigenvalue weighted by molar-refractivity contribution is -0.742. The first-order valence-corrected chi connectivity index (χ1v) is 8.30. The van der Waals surface area contributed by atoms with Gasteiger partial charge in [-0.3, -0.25) is 4.52 Å². The second-order valence-electron chi connectivity index (χ2n) is 5.83. The zero-order valence-electron chi connectivity index (χ0n) is 13.5. The molecule has 0 aromatic carbocycles. The highest BCUT2D eigenvalue weighted by Gasteiger charge is 2.28. The molecule has 24 heavy (non-hydrogen) atoms. The molecule has 2 heterocycles. The number of H-pyrrole nitrogens is 1. The predicted molar refractivity (Wildman–Crippen MR) is 83.5 cm³/mol. The zero-order valence-corrected chi connectivity index (χ0v) is 14.4. The molecule has 0 saturated carbocycles. The van der Waals surface area contributed by atoms with Crippen LogP contribution in [0.5, 0.6) is 0 Å². The van der Waals surface area contributed by atoms with Gasteiger partial charge in [0, 0.05) is 4.88 Å². The van der Waals surface area contributed by atoms with Crippen LogP contribution in [0.3, 0.4) is 0 Å². The fourth-order valence-corrected chi connectivity index (χ4v) is 4.21. The minimum Gasteiger partial charge on any atom is -0.854 e. The maximum Gasteiger partial charge on any atom is 0.435 e. The van der Waals surface area contributed by atoms with E-state index in [1.807, 2.05) is 0 Å². The number of hydrogen-bond donors (Lipinski definition) is 1. The molecule has 0 aliphatic heterocycles. The average molecular weight is 351 g/mol. The standard InChI is InChI=1S/C15H17N3O5S/c1-7-4-5-8-9(6-7)24-13(10(8)14(20)22-3)16-12(19)11-15(21)23-17-18(11)2/h7H,4-6H2,1-3H3,(H-,16,17,19,20,21). The van der Waals surface area contributed by atoms with Crippen molar-refractivity contribution < 1.29 is 23.8 Å². The molecule has 0 bridgehead atoms. The van der Waals surface area contributed by atoms with E-state index >= 15 is 0 Å². The number of aryl methyl sites for hydroxylation is 1. The third-order valence-corrected chi connectivity index (χ3v) is 5.24. The molecule has 1 aliphatic rings. The number of thiophene rings is 1. The fourth-order valence-electron chi connectivity index (χ4n) is 2.84. The Morgan fingerprint density at radius 3 is 2.92 bits per heavy atom. The van der Waals surface area contributed by atoms with Crippen LogP contribution in [0.15, 0.2) is 14.3 Å². The Labute approximate surface area is 141 Å². The topological polar surface area (TPSA) is 112 Å². The van der Waals surface area contributed by atoms with Gasteiger partial charge in [0.05, 0.1) is 18.6 Å². The highest BCUT2D eigenvalue weighted by atomic mass is 32.1. The molecule has 1 aliphatic carbocycles. The molecule has 1 atom stereocenters. The number of rotatable bonds is 3. The minimum atomic E-state index is -0.805. The number of aromatic amines is 1. The summed E-state index contributed by atoms with van der Waals surface area (Å²) < 4.78 is 10.6. The van der Waals surface area contributed by atoms with Gasteiger partial charge < -0.3 is 9.84 Å². The van der Waals surface area contributed by atoms with E-state index in [1.165, 1.54) is 25.5 Å². The summed E-state index contributed by atoms with van der Waals surface area (Å²) in [4.78, 5) is 28.8. The SMILES string of the molecule is COC(=O)c1c(/N=C(\[O-])c2c(=O)o[nH][n+]2C)sc2c1CCC(C)C2. The Balaban J connectivity index is 2.12. The lowest BCUT2D eigenvalue weighted by atomic mass is 9.88. The van der Waals surface area contributed by atoms with Crippen molar-refractivity contribution >= 4 is 28.2 Å². The van der Waals surface area contributed by atoms with Gasteiger partial charge in [0.1, 0.15) is 5.00 Å². The molecule has 2 aromatic rings. The number of aromatic nitrogens is 2. The summed E-state index contributed by atoms with van der Waals surface area (Å²) in [5, 5.41) is 14.9. The van der Waals surface area contributed by atoms with Crippen molar-refractivity contribution in [2.45, 2.75) is 26.2 Å². The fraction of sp³-hybridized carbons (Fsp3) is 0.467. The van der Waals surface area contributed by atoms with E-state index in [4.69, 9.17) is 4.74 Å². The summed E-state index contributed by atoms with van der Waals surface area (Å²) in [6, 6.07) is 0. The van der Waals surface area contributed by atoms with E-state index in [0.717, 1.165) is 34.4 Å². The molecule has 0 saturated heterocycles. The number of nitrogens with zero attached hydrogens (tertiary/aromatic N) is 2. The van der Waals surface area contributed by atoms with Crippen molar-refractivity contribution in [1.29, 1.82) is 0 Å². The van der Waals surface area contributed by atoms with Crippen molar-refractivity contribution in [1.82, 2.24) is 5.27 Å². The first-order chi connectivity index (χ1) is 11.4. The van der Waals surface area contributed by atoms with E-state index in [1.54, 1.807) is 0 Å². The summed E-state index contributed by atoms with van der Waals surface area (Å²) in [5.74, 6) is -0.761. The Morgan fingerprint density at radius 2 is 2.29 bits per heavy atom. The van der Waals surface area contributed by atoms with Crippen LogP contribution in [0.4, 0.5) is 5.00 Å². The van der Waals surface area contributed by atoms with Crippen LogP contribution in [0.25, 0.3) is 0 Å². The number of ether oxygens (including phenoxy) is 1. The van der Waals surface area contributed by atoms with Gasteiger partial charge in [-0.1, -0.05) is 11.6 Å². The van der Waals surface area contributed by atoms with Crippen LogP contribution in [-0.4, -0.2) is 24.2 Å². The van der Waals surface area contributed by atoms with Gasteiger partial charge in [-0.2, -0.15) is 0 Å². The number of esters is 1. The molecule has 2 aromatic heterocycles. The Morgan fingerprint density at radius 1 is 1.54 bits per heavy atom. The molecule has 0 amide bonds. The van der Waals surface area contributed by atoms with Crippen LogP contribution in [0.1, 0.15) is 39.8 Å². The number of aliphatic imine (C=N–C) groups is 1. The number of carbonyl (C=O) groups is 1. The molecule has 9 heteroatoms. The lowest BCUT2D eigenvalue weighted by Gasteiger charge is -2.18. The molecule has 1 unspecified atom stereocenters. The third-order valence-electron chi connectivity index (χ3n) is 4.09. The Hall–Kier alpha value is -2.42. The molecule has 128 valence electrons. The van der Waals surface area contributed by atoms with E-state index in [9.17, 15) is 14.7 Å².